The van der Waals surface area contributed by atoms with Crippen molar-refractivity contribution in [3.8, 4) is 5.75 Å². The van der Waals surface area contributed by atoms with Crippen LogP contribution in [0, 0.1) is 5.82 Å². The maximum atomic E-state index is 14.2. The van der Waals surface area contributed by atoms with Gasteiger partial charge < -0.3 is 10.1 Å². The van der Waals surface area contributed by atoms with Crippen LogP contribution in [-0.2, 0) is 0 Å². The Kier molecular flexibility index (Phi) is 5.35. The minimum absolute atomic E-state index is 0.103. The van der Waals surface area contributed by atoms with Gasteiger partial charge in [0.1, 0.15) is 17.3 Å². The van der Waals surface area contributed by atoms with Gasteiger partial charge in [0.15, 0.2) is 0 Å². The molecule has 0 unspecified atom stereocenters. The van der Waals surface area contributed by atoms with Crippen molar-refractivity contribution >= 4 is 17.2 Å². The number of alkyl halides is 1. The van der Waals surface area contributed by atoms with Gasteiger partial charge in [-0.1, -0.05) is 18.2 Å². The summed E-state index contributed by atoms with van der Waals surface area (Å²) in [6, 6.07) is 11.8. The number of hydrogen-bond acceptors (Lipinski definition) is 4. The van der Waals surface area contributed by atoms with E-state index in [2.05, 4.69) is 10.3 Å². The van der Waals surface area contributed by atoms with Gasteiger partial charge in [0.25, 0.3) is 5.91 Å². The first-order valence-electron chi connectivity index (χ1n) is 7.42. The number of hydrogen-bond donors (Lipinski definition) is 1. The van der Waals surface area contributed by atoms with Crippen molar-refractivity contribution in [2.24, 2.45) is 0 Å². The molecule has 0 radical (unpaired) electrons. The van der Waals surface area contributed by atoms with Gasteiger partial charge in [0.05, 0.1) is 10.9 Å². The van der Waals surface area contributed by atoms with Gasteiger partial charge >= 0.3 is 0 Å². The van der Waals surface area contributed by atoms with Crippen LogP contribution in [0.15, 0.2) is 60.1 Å². The fourth-order valence-corrected chi connectivity index (χ4v) is 2.98. The fraction of sp³-hybridized carbons (Fsp3) is 0.111. The Morgan fingerprint density at radius 2 is 2.00 bits per heavy atom. The second kappa shape index (κ2) is 7.85. The molecule has 0 saturated carbocycles. The summed E-state index contributed by atoms with van der Waals surface area (Å²) in [7, 11) is 0. The Morgan fingerprint density at radius 1 is 1.20 bits per heavy atom. The first kappa shape index (κ1) is 17.0. The van der Waals surface area contributed by atoms with E-state index in [1.54, 1.807) is 41.8 Å². The van der Waals surface area contributed by atoms with Crippen molar-refractivity contribution in [2.75, 3.05) is 6.86 Å². The normalized spacial score (nSPS) is 11.8. The summed E-state index contributed by atoms with van der Waals surface area (Å²) in [6.07, 6.45) is 1.46. The molecule has 1 amide bonds. The van der Waals surface area contributed by atoms with Crippen LogP contribution in [0.25, 0.3) is 0 Å². The Bertz CT molecular complexity index is 839. The Labute approximate surface area is 147 Å². The van der Waals surface area contributed by atoms with E-state index < -0.39 is 18.7 Å². The summed E-state index contributed by atoms with van der Waals surface area (Å²) in [5, 5.41) is 4.58. The van der Waals surface area contributed by atoms with Crippen LogP contribution in [0.2, 0.25) is 0 Å². The van der Waals surface area contributed by atoms with Crippen LogP contribution in [0.1, 0.15) is 27.0 Å². The average Bonchev–Trinajstić information content (AvgIpc) is 3.16. The van der Waals surface area contributed by atoms with Gasteiger partial charge in [-0.3, -0.25) is 9.78 Å². The van der Waals surface area contributed by atoms with E-state index in [0.717, 1.165) is 0 Å². The lowest BCUT2D eigenvalue weighted by atomic mass is 10.0. The smallest absolute Gasteiger partial charge is 0.262 e. The zero-order valence-corrected chi connectivity index (χ0v) is 13.8. The number of carbonyl (C=O) groups excluding carboxylic acids is 1. The molecule has 25 heavy (non-hydrogen) atoms. The molecule has 0 bridgehead atoms. The molecule has 3 aromatic rings. The number of ether oxygens (including phenoxy) is 1. The van der Waals surface area contributed by atoms with Crippen LogP contribution in [0.4, 0.5) is 8.78 Å². The number of thiophene rings is 1. The molecule has 0 aliphatic rings. The van der Waals surface area contributed by atoms with Crippen molar-refractivity contribution in [2.45, 2.75) is 6.04 Å². The first-order chi connectivity index (χ1) is 12.2. The summed E-state index contributed by atoms with van der Waals surface area (Å²) < 4.78 is 31.2. The molecular formula is C18H14F2N2O2S. The predicted octanol–water partition coefficient (Wildman–Crippen LogP) is 4.11. The molecule has 4 nitrogen and oxygen atoms in total. The van der Waals surface area contributed by atoms with Crippen LogP contribution >= 0.6 is 11.3 Å². The number of amides is 1. The third kappa shape index (κ3) is 4.00. The third-order valence-electron chi connectivity index (χ3n) is 3.52. The van der Waals surface area contributed by atoms with E-state index in [1.807, 2.05) is 0 Å². The SMILES string of the molecule is O=C(N[C@@H](c1ccc(OCF)cc1)c1ncccc1F)c1cccs1. The Hall–Kier alpha value is -2.80. The van der Waals surface area contributed by atoms with Crippen molar-refractivity contribution in [3.63, 3.8) is 0 Å². The lowest BCUT2D eigenvalue weighted by Crippen LogP contribution is -2.30. The van der Waals surface area contributed by atoms with E-state index in [1.165, 1.54) is 29.7 Å². The summed E-state index contributed by atoms with van der Waals surface area (Å²) >= 11 is 1.29. The number of rotatable bonds is 6. The van der Waals surface area contributed by atoms with Gasteiger partial charge in [-0.2, -0.15) is 0 Å². The van der Waals surface area contributed by atoms with Crippen molar-refractivity contribution in [1.82, 2.24) is 10.3 Å². The van der Waals surface area contributed by atoms with E-state index in [-0.39, 0.29) is 11.6 Å². The summed E-state index contributed by atoms with van der Waals surface area (Å²) in [6.45, 7) is -0.938. The van der Waals surface area contributed by atoms with Crippen molar-refractivity contribution in [1.29, 1.82) is 0 Å². The summed E-state index contributed by atoms with van der Waals surface area (Å²) in [4.78, 5) is 17.0. The number of halogens is 2. The number of nitrogens with zero attached hydrogens (tertiary/aromatic N) is 1. The molecule has 2 heterocycles. The number of aromatic nitrogens is 1. The van der Waals surface area contributed by atoms with Crippen molar-refractivity contribution < 1.29 is 18.3 Å². The third-order valence-corrected chi connectivity index (χ3v) is 4.38. The highest BCUT2D eigenvalue weighted by molar-refractivity contribution is 7.12. The van der Waals surface area contributed by atoms with E-state index in [0.29, 0.717) is 16.2 Å². The van der Waals surface area contributed by atoms with E-state index in [9.17, 15) is 13.6 Å². The molecule has 2 aromatic heterocycles. The topological polar surface area (TPSA) is 51.2 Å². The van der Waals surface area contributed by atoms with E-state index in [4.69, 9.17) is 4.74 Å². The standard InChI is InChI=1S/C18H14F2N2O2S/c19-11-24-13-7-5-12(6-8-13)16(17-14(20)3-1-9-21-17)22-18(23)15-4-2-10-25-15/h1-10,16H,11H2,(H,22,23)/t16-/m0/s1. The summed E-state index contributed by atoms with van der Waals surface area (Å²) in [5.41, 5.74) is 0.709. The summed E-state index contributed by atoms with van der Waals surface area (Å²) in [5.74, 6) is -0.506. The van der Waals surface area contributed by atoms with Crippen LogP contribution in [0.5, 0.6) is 5.75 Å². The molecule has 0 aliphatic heterocycles. The molecular weight excluding hydrogens is 346 g/mol. The predicted molar refractivity (Wildman–Crippen MR) is 90.9 cm³/mol. The number of benzene rings is 1. The molecule has 0 aliphatic carbocycles. The molecule has 0 saturated heterocycles. The maximum absolute atomic E-state index is 14.2. The number of carbonyl (C=O) groups is 1. The monoisotopic (exact) mass is 360 g/mol. The lowest BCUT2D eigenvalue weighted by molar-refractivity contribution is 0.0946. The van der Waals surface area contributed by atoms with E-state index >= 15 is 0 Å². The molecule has 7 heteroatoms. The lowest BCUT2D eigenvalue weighted by Gasteiger charge is -2.19. The second-order valence-electron chi connectivity index (χ2n) is 5.08. The Morgan fingerprint density at radius 3 is 2.64 bits per heavy atom. The number of pyridine rings is 1. The molecule has 1 N–H and O–H groups in total. The largest absolute Gasteiger partial charge is 0.463 e. The van der Waals surface area contributed by atoms with Gasteiger partial charge in [-0.05, 0) is 41.3 Å². The average molecular weight is 360 g/mol. The molecule has 1 atom stereocenters. The quantitative estimate of drug-likeness (QED) is 0.720. The zero-order valence-electron chi connectivity index (χ0n) is 13.0. The maximum Gasteiger partial charge on any atom is 0.262 e. The molecule has 0 fully saturated rings. The Balaban J connectivity index is 1.94. The van der Waals surface area contributed by atoms with Gasteiger partial charge in [-0.15, -0.1) is 11.3 Å². The second-order valence-corrected chi connectivity index (χ2v) is 6.02. The van der Waals surface area contributed by atoms with Crippen molar-refractivity contribution in [3.05, 3.63) is 82.1 Å². The van der Waals surface area contributed by atoms with Crippen LogP contribution < -0.4 is 10.1 Å². The minimum Gasteiger partial charge on any atom is -0.463 e. The highest BCUT2D eigenvalue weighted by atomic mass is 32.1. The molecule has 1 aromatic carbocycles. The molecule has 0 spiro atoms. The van der Waals surface area contributed by atoms with Gasteiger partial charge in [0, 0.05) is 6.20 Å². The number of nitrogens with one attached hydrogen (secondary N) is 1. The van der Waals surface area contributed by atoms with Crippen LogP contribution in [0.3, 0.4) is 0 Å². The van der Waals surface area contributed by atoms with Gasteiger partial charge in [0.2, 0.25) is 6.86 Å². The highest BCUT2D eigenvalue weighted by Crippen LogP contribution is 2.25. The first-order valence-corrected chi connectivity index (χ1v) is 8.30. The molecule has 128 valence electrons. The zero-order chi connectivity index (χ0) is 17.6. The minimum atomic E-state index is -0.938. The highest BCUT2D eigenvalue weighted by Gasteiger charge is 2.22. The van der Waals surface area contributed by atoms with Crippen LogP contribution in [-0.4, -0.2) is 17.8 Å². The van der Waals surface area contributed by atoms with Gasteiger partial charge in [-0.25, -0.2) is 8.78 Å². The molecule has 3 rings (SSSR count). The fourth-order valence-electron chi connectivity index (χ4n) is 2.35.